The van der Waals surface area contributed by atoms with Crippen molar-refractivity contribution < 1.29 is 14.5 Å². The lowest BCUT2D eigenvalue weighted by molar-refractivity contribution is -0.904. The fourth-order valence-corrected chi connectivity index (χ4v) is 3.15. The van der Waals surface area contributed by atoms with E-state index in [1.807, 2.05) is 18.2 Å². The van der Waals surface area contributed by atoms with Crippen LogP contribution in [0.15, 0.2) is 30.3 Å². The summed E-state index contributed by atoms with van der Waals surface area (Å²) < 4.78 is 0. The lowest BCUT2D eigenvalue weighted by Crippen LogP contribution is -3.15. The van der Waals surface area contributed by atoms with Gasteiger partial charge in [-0.1, -0.05) is 32.0 Å². The van der Waals surface area contributed by atoms with Crippen molar-refractivity contribution >= 4 is 17.6 Å². The van der Waals surface area contributed by atoms with Crippen LogP contribution in [0.25, 0.3) is 0 Å². The molecule has 1 fully saturated rings. The Morgan fingerprint density at radius 1 is 1.14 bits per heavy atom. The summed E-state index contributed by atoms with van der Waals surface area (Å²) in [5, 5.41) is 5.04. The Morgan fingerprint density at radius 3 is 2.38 bits per heavy atom. The molecule has 0 unspecified atom stereocenters. The second kappa shape index (κ2) is 7.22. The lowest BCUT2D eigenvalue weighted by atomic mass is 9.92. The minimum atomic E-state index is -0.469. The number of para-hydroxylation sites is 1. The molecule has 0 aliphatic carbocycles. The zero-order chi connectivity index (χ0) is 15.2. The molecule has 3 N–H and O–H groups in total. The first-order valence-corrected chi connectivity index (χ1v) is 7.52. The number of likely N-dealkylation sites (tertiary alicyclic amines) is 1. The maximum atomic E-state index is 11.9. The third-order valence-corrected chi connectivity index (χ3v) is 3.77. The number of nitrogens with one attached hydrogen (secondary N) is 3. The SMILES string of the molecule is C[C@H]1C[C@H](C)C[NH+](CC(=O)NC(=O)Nc2ccccc2)C1. The Hall–Kier alpha value is -1.88. The molecule has 5 heteroatoms. The summed E-state index contributed by atoms with van der Waals surface area (Å²) in [5.41, 5.74) is 0.676. The number of carbonyl (C=O) groups excluding carboxylic acids is 2. The van der Waals surface area contributed by atoms with Gasteiger partial charge in [0.25, 0.3) is 5.91 Å². The van der Waals surface area contributed by atoms with Crippen molar-refractivity contribution in [1.82, 2.24) is 5.32 Å². The van der Waals surface area contributed by atoms with Gasteiger partial charge in [0.05, 0.1) is 13.1 Å². The molecule has 2 atom stereocenters. The van der Waals surface area contributed by atoms with Gasteiger partial charge in [0.1, 0.15) is 0 Å². The van der Waals surface area contributed by atoms with E-state index in [9.17, 15) is 9.59 Å². The van der Waals surface area contributed by atoms with E-state index in [1.165, 1.54) is 11.3 Å². The van der Waals surface area contributed by atoms with E-state index >= 15 is 0 Å². The molecule has 5 nitrogen and oxygen atoms in total. The molecule has 1 aromatic carbocycles. The highest BCUT2D eigenvalue weighted by atomic mass is 16.2. The summed E-state index contributed by atoms with van der Waals surface area (Å²) >= 11 is 0. The van der Waals surface area contributed by atoms with Crippen LogP contribution < -0.4 is 15.5 Å². The van der Waals surface area contributed by atoms with Crippen molar-refractivity contribution in [3.05, 3.63) is 30.3 Å². The highest BCUT2D eigenvalue weighted by molar-refractivity contribution is 6.01. The number of urea groups is 1. The summed E-state index contributed by atoms with van der Waals surface area (Å²) in [4.78, 5) is 24.9. The first-order valence-electron chi connectivity index (χ1n) is 7.52. The molecule has 0 bridgehead atoms. The molecule has 0 saturated carbocycles. The predicted molar refractivity (Wildman–Crippen MR) is 82.1 cm³/mol. The molecular formula is C16H24N3O2+. The van der Waals surface area contributed by atoms with Crippen molar-refractivity contribution in [1.29, 1.82) is 0 Å². The molecule has 21 heavy (non-hydrogen) atoms. The Bertz CT molecular complexity index is 480. The van der Waals surface area contributed by atoms with Crippen molar-refractivity contribution in [3.8, 4) is 0 Å². The fourth-order valence-electron chi connectivity index (χ4n) is 3.15. The van der Waals surface area contributed by atoms with E-state index < -0.39 is 6.03 Å². The Morgan fingerprint density at radius 2 is 1.76 bits per heavy atom. The number of anilines is 1. The standard InChI is InChI=1S/C16H23N3O2/c1-12-8-13(2)10-19(9-12)11-15(20)18-16(21)17-14-6-4-3-5-7-14/h3-7,12-13H,8-11H2,1-2H3,(H2,17,18,20,21)/p+1/t12-,13-/m0/s1. The average molecular weight is 290 g/mol. The Balaban J connectivity index is 1.77. The van der Waals surface area contributed by atoms with Gasteiger partial charge in [-0.15, -0.1) is 0 Å². The van der Waals surface area contributed by atoms with Crippen LogP contribution >= 0.6 is 0 Å². The number of imide groups is 1. The summed E-state index contributed by atoms with van der Waals surface area (Å²) in [6.45, 7) is 6.79. The highest BCUT2D eigenvalue weighted by Crippen LogP contribution is 2.11. The molecule has 1 aromatic rings. The minimum Gasteiger partial charge on any atom is -0.327 e. The van der Waals surface area contributed by atoms with E-state index in [0.29, 0.717) is 24.1 Å². The molecule has 0 aromatic heterocycles. The summed E-state index contributed by atoms with van der Waals surface area (Å²) in [7, 11) is 0. The normalized spacial score (nSPS) is 25.1. The average Bonchev–Trinajstić information content (AvgIpc) is 2.37. The van der Waals surface area contributed by atoms with Crippen molar-refractivity contribution in [2.45, 2.75) is 20.3 Å². The third kappa shape index (κ3) is 5.19. The van der Waals surface area contributed by atoms with Gasteiger partial charge in [-0.2, -0.15) is 0 Å². The monoisotopic (exact) mass is 290 g/mol. The van der Waals surface area contributed by atoms with E-state index in [4.69, 9.17) is 0 Å². The van der Waals surface area contributed by atoms with Crippen molar-refractivity contribution in [2.24, 2.45) is 11.8 Å². The van der Waals surface area contributed by atoms with E-state index in [-0.39, 0.29) is 5.91 Å². The lowest BCUT2D eigenvalue weighted by Gasteiger charge is -2.31. The predicted octanol–water partition coefficient (Wildman–Crippen LogP) is 0.896. The van der Waals surface area contributed by atoms with Crippen LogP contribution in [0, 0.1) is 11.8 Å². The number of amides is 3. The molecule has 1 aliphatic heterocycles. The molecular weight excluding hydrogens is 266 g/mol. The largest absolute Gasteiger partial charge is 0.327 e. The molecule has 3 amide bonds. The van der Waals surface area contributed by atoms with Crippen molar-refractivity contribution in [2.75, 3.05) is 25.0 Å². The van der Waals surface area contributed by atoms with E-state index in [1.54, 1.807) is 12.1 Å². The fraction of sp³-hybridized carbons (Fsp3) is 0.500. The zero-order valence-corrected chi connectivity index (χ0v) is 12.7. The first kappa shape index (κ1) is 15.5. The van der Waals surface area contributed by atoms with Gasteiger partial charge in [-0.05, 0) is 18.6 Å². The summed E-state index contributed by atoms with van der Waals surface area (Å²) in [6, 6.07) is 8.63. The second-order valence-electron chi connectivity index (χ2n) is 6.15. The number of quaternary nitrogens is 1. The minimum absolute atomic E-state index is 0.222. The highest BCUT2D eigenvalue weighted by Gasteiger charge is 2.27. The maximum absolute atomic E-state index is 11.9. The Kier molecular flexibility index (Phi) is 5.33. The molecule has 1 saturated heterocycles. The molecule has 0 spiro atoms. The van der Waals surface area contributed by atoms with Gasteiger partial charge in [0, 0.05) is 17.5 Å². The summed E-state index contributed by atoms with van der Waals surface area (Å²) in [6.07, 6.45) is 1.22. The number of hydrogen-bond acceptors (Lipinski definition) is 2. The number of hydrogen-bond donors (Lipinski definition) is 3. The van der Waals surface area contributed by atoms with Crippen LogP contribution in [0.2, 0.25) is 0 Å². The number of carbonyl (C=O) groups is 2. The van der Waals surface area contributed by atoms with Crippen LogP contribution in [0.3, 0.4) is 0 Å². The number of benzene rings is 1. The second-order valence-corrected chi connectivity index (χ2v) is 6.15. The third-order valence-electron chi connectivity index (χ3n) is 3.77. The van der Waals surface area contributed by atoms with Gasteiger partial charge in [0.15, 0.2) is 6.54 Å². The van der Waals surface area contributed by atoms with Crippen molar-refractivity contribution in [3.63, 3.8) is 0 Å². The van der Waals surface area contributed by atoms with E-state index in [2.05, 4.69) is 24.5 Å². The zero-order valence-electron chi connectivity index (χ0n) is 12.7. The smallest absolute Gasteiger partial charge is 0.326 e. The number of rotatable bonds is 3. The number of piperidine rings is 1. The van der Waals surface area contributed by atoms with Gasteiger partial charge in [-0.3, -0.25) is 10.1 Å². The first-order chi connectivity index (χ1) is 10.0. The maximum Gasteiger partial charge on any atom is 0.326 e. The van der Waals surface area contributed by atoms with Crippen LogP contribution in [0.5, 0.6) is 0 Å². The quantitative estimate of drug-likeness (QED) is 0.774. The van der Waals surface area contributed by atoms with Crippen LogP contribution in [-0.4, -0.2) is 31.6 Å². The Labute approximate surface area is 125 Å². The molecule has 0 radical (unpaired) electrons. The topological polar surface area (TPSA) is 62.6 Å². The summed E-state index contributed by atoms with van der Waals surface area (Å²) in [5.74, 6) is 1.05. The van der Waals surface area contributed by atoms with Crippen LogP contribution in [-0.2, 0) is 4.79 Å². The van der Waals surface area contributed by atoms with Crippen LogP contribution in [0.4, 0.5) is 10.5 Å². The van der Waals surface area contributed by atoms with Gasteiger partial charge < -0.3 is 10.2 Å². The molecule has 1 aliphatic rings. The van der Waals surface area contributed by atoms with Gasteiger partial charge in [0.2, 0.25) is 0 Å². The molecule has 1 heterocycles. The molecule has 2 rings (SSSR count). The van der Waals surface area contributed by atoms with Crippen LogP contribution in [0.1, 0.15) is 20.3 Å². The van der Waals surface area contributed by atoms with E-state index in [0.717, 1.165) is 13.1 Å². The molecule has 114 valence electrons. The van der Waals surface area contributed by atoms with Gasteiger partial charge in [-0.25, -0.2) is 4.79 Å². The van der Waals surface area contributed by atoms with Gasteiger partial charge >= 0.3 is 6.03 Å².